The van der Waals surface area contributed by atoms with Crippen LogP contribution in [-0.2, 0) is 17.8 Å². The molecule has 32 heavy (non-hydrogen) atoms. The maximum Gasteiger partial charge on any atom is 0.251 e. The van der Waals surface area contributed by atoms with Crippen LogP contribution in [0.2, 0.25) is 0 Å². The molecule has 4 rings (SSSR count). The molecule has 2 amide bonds. The highest BCUT2D eigenvalue weighted by Gasteiger charge is 2.27. The number of piperidine rings is 1. The molecule has 1 fully saturated rings. The molecule has 1 aliphatic carbocycles. The summed E-state index contributed by atoms with van der Waals surface area (Å²) >= 11 is 0. The Hall–Kier alpha value is -2.86. The van der Waals surface area contributed by atoms with E-state index in [4.69, 9.17) is 0 Å². The van der Waals surface area contributed by atoms with Gasteiger partial charge >= 0.3 is 0 Å². The zero-order valence-corrected chi connectivity index (χ0v) is 19.0. The first-order chi connectivity index (χ1) is 15.4. The monoisotopic (exact) mass is 435 g/mol. The van der Waals surface area contributed by atoms with Gasteiger partial charge in [0.15, 0.2) is 0 Å². The Morgan fingerprint density at radius 3 is 2.75 bits per heavy atom. The Morgan fingerprint density at radius 2 is 1.97 bits per heavy atom. The Kier molecular flexibility index (Phi) is 6.80. The number of aryl methyl sites for hydroxylation is 2. The average Bonchev–Trinajstić information content (AvgIpc) is 3.17. The van der Waals surface area contributed by atoms with E-state index in [1.807, 2.05) is 6.07 Å². The lowest BCUT2D eigenvalue weighted by Gasteiger charge is -2.32. The Labute approximate surface area is 190 Å². The summed E-state index contributed by atoms with van der Waals surface area (Å²) in [5, 5.41) is 16.0. The number of rotatable bonds is 6. The summed E-state index contributed by atoms with van der Waals surface area (Å²) < 4.78 is 0. The molecular formula is C26H33N3O3. The average molecular weight is 436 g/mol. The second kappa shape index (κ2) is 9.74. The third kappa shape index (κ3) is 5.13. The molecule has 1 aliphatic heterocycles. The molecule has 6 heteroatoms. The van der Waals surface area contributed by atoms with Gasteiger partial charge in [-0.1, -0.05) is 30.7 Å². The van der Waals surface area contributed by atoms with Gasteiger partial charge in [0.2, 0.25) is 5.91 Å². The van der Waals surface area contributed by atoms with E-state index < -0.39 is 0 Å². The van der Waals surface area contributed by atoms with Crippen molar-refractivity contribution in [3.8, 4) is 5.75 Å². The molecule has 1 saturated heterocycles. The van der Waals surface area contributed by atoms with Crippen LogP contribution >= 0.6 is 0 Å². The molecule has 3 N–H and O–H groups in total. The summed E-state index contributed by atoms with van der Waals surface area (Å²) in [5.41, 5.74) is 4.65. The van der Waals surface area contributed by atoms with Crippen molar-refractivity contribution < 1.29 is 14.7 Å². The second-order valence-corrected chi connectivity index (χ2v) is 9.21. The van der Waals surface area contributed by atoms with E-state index in [0.29, 0.717) is 24.6 Å². The van der Waals surface area contributed by atoms with Crippen molar-refractivity contribution in [2.45, 2.75) is 64.1 Å². The van der Waals surface area contributed by atoms with Crippen LogP contribution < -0.4 is 10.6 Å². The summed E-state index contributed by atoms with van der Waals surface area (Å²) in [6.07, 6.45) is 5.95. The third-order valence-electron chi connectivity index (χ3n) is 6.89. The number of carbonyl (C=O) groups excluding carboxylic acids is 2. The zero-order valence-electron chi connectivity index (χ0n) is 19.0. The van der Waals surface area contributed by atoms with Crippen molar-refractivity contribution in [1.29, 1.82) is 0 Å². The van der Waals surface area contributed by atoms with Gasteiger partial charge in [0, 0.05) is 24.6 Å². The van der Waals surface area contributed by atoms with Crippen LogP contribution in [0, 0.1) is 6.92 Å². The van der Waals surface area contributed by atoms with Gasteiger partial charge in [0.1, 0.15) is 5.75 Å². The normalized spacial score (nSPS) is 20.6. The van der Waals surface area contributed by atoms with Crippen molar-refractivity contribution >= 4 is 11.8 Å². The highest BCUT2D eigenvalue weighted by molar-refractivity contribution is 5.94. The molecule has 0 saturated carbocycles. The molecule has 1 heterocycles. The molecule has 2 aromatic rings. The van der Waals surface area contributed by atoms with Gasteiger partial charge in [-0.25, -0.2) is 0 Å². The quantitative estimate of drug-likeness (QED) is 0.648. The highest BCUT2D eigenvalue weighted by atomic mass is 16.3. The van der Waals surface area contributed by atoms with Crippen molar-refractivity contribution in [3.63, 3.8) is 0 Å². The first-order valence-corrected chi connectivity index (χ1v) is 11.6. The van der Waals surface area contributed by atoms with E-state index in [-0.39, 0.29) is 23.6 Å². The molecule has 2 unspecified atom stereocenters. The number of aromatic hydroxyl groups is 1. The summed E-state index contributed by atoms with van der Waals surface area (Å²) in [5.74, 6) is 0.0521. The molecule has 6 nitrogen and oxygen atoms in total. The van der Waals surface area contributed by atoms with E-state index >= 15 is 0 Å². The third-order valence-corrected chi connectivity index (χ3v) is 6.89. The van der Waals surface area contributed by atoms with Crippen LogP contribution in [0.25, 0.3) is 0 Å². The molecule has 0 bridgehead atoms. The first kappa shape index (κ1) is 22.3. The van der Waals surface area contributed by atoms with Crippen molar-refractivity contribution in [1.82, 2.24) is 15.5 Å². The van der Waals surface area contributed by atoms with Crippen LogP contribution in [-0.4, -0.2) is 41.5 Å². The van der Waals surface area contributed by atoms with Gasteiger partial charge in [0.25, 0.3) is 5.91 Å². The van der Waals surface area contributed by atoms with Gasteiger partial charge in [0.05, 0.1) is 6.04 Å². The molecule has 2 atom stereocenters. The Balaban J connectivity index is 1.32. The number of carbonyl (C=O) groups is 2. The largest absolute Gasteiger partial charge is 0.508 e. The van der Waals surface area contributed by atoms with Crippen molar-refractivity contribution in [3.05, 3.63) is 64.2 Å². The van der Waals surface area contributed by atoms with E-state index in [2.05, 4.69) is 34.7 Å². The number of phenols is 1. The maximum atomic E-state index is 12.6. The van der Waals surface area contributed by atoms with Crippen LogP contribution in [0.4, 0.5) is 0 Å². The SMILES string of the molecule is Cc1ccc(C(=O)NCc2ccc3c(c2)CCC3NC(=O)CC2CCCCN2C)cc1O. The highest BCUT2D eigenvalue weighted by Crippen LogP contribution is 2.32. The van der Waals surface area contributed by atoms with Crippen LogP contribution in [0.1, 0.15) is 70.8 Å². The molecule has 2 aromatic carbocycles. The summed E-state index contributed by atoms with van der Waals surface area (Å²) in [4.78, 5) is 27.4. The Morgan fingerprint density at radius 1 is 1.12 bits per heavy atom. The van der Waals surface area contributed by atoms with Gasteiger partial charge in [-0.3, -0.25) is 9.59 Å². The number of hydrogen-bond acceptors (Lipinski definition) is 4. The molecule has 0 radical (unpaired) electrons. The van der Waals surface area contributed by atoms with Crippen LogP contribution in [0.15, 0.2) is 36.4 Å². The summed E-state index contributed by atoms with van der Waals surface area (Å²) in [6.45, 7) is 3.30. The number of hydrogen-bond donors (Lipinski definition) is 3. The number of likely N-dealkylation sites (tertiary alicyclic amines) is 1. The lowest BCUT2D eigenvalue weighted by atomic mass is 9.99. The molecule has 170 valence electrons. The maximum absolute atomic E-state index is 12.6. The molecular weight excluding hydrogens is 402 g/mol. The number of amides is 2. The van der Waals surface area contributed by atoms with Gasteiger partial charge in [-0.2, -0.15) is 0 Å². The topological polar surface area (TPSA) is 81.7 Å². The molecule has 0 aromatic heterocycles. The summed E-state index contributed by atoms with van der Waals surface area (Å²) in [6, 6.07) is 11.6. The first-order valence-electron chi connectivity index (χ1n) is 11.6. The standard InChI is InChI=1S/C26H33N3O3/c1-17-6-8-20(14-24(17)30)26(32)27-16-18-7-10-22-19(13-18)9-11-23(22)28-25(31)15-21-5-3-4-12-29(21)2/h6-8,10,13-14,21,23,30H,3-5,9,11-12,15-16H2,1-2H3,(H,27,32)(H,28,31). The fourth-order valence-corrected chi connectivity index (χ4v) is 4.84. The van der Waals surface area contributed by atoms with Gasteiger partial charge in [-0.05, 0) is 80.6 Å². The lowest BCUT2D eigenvalue weighted by Crippen LogP contribution is -2.40. The number of nitrogens with zero attached hydrogens (tertiary/aromatic N) is 1. The van der Waals surface area contributed by atoms with Gasteiger partial charge < -0.3 is 20.6 Å². The Bertz CT molecular complexity index is 1000. The minimum Gasteiger partial charge on any atom is -0.508 e. The van der Waals surface area contributed by atoms with Crippen LogP contribution in [0.5, 0.6) is 5.75 Å². The van der Waals surface area contributed by atoms with Gasteiger partial charge in [-0.15, -0.1) is 0 Å². The number of nitrogens with one attached hydrogen (secondary N) is 2. The fourth-order valence-electron chi connectivity index (χ4n) is 4.84. The lowest BCUT2D eigenvalue weighted by molar-refractivity contribution is -0.123. The minimum atomic E-state index is -0.210. The van der Waals surface area contributed by atoms with Crippen molar-refractivity contribution in [2.24, 2.45) is 0 Å². The summed E-state index contributed by atoms with van der Waals surface area (Å²) in [7, 11) is 2.11. The second-order valence-electron chi connectivity index (χ2n) is 9.21. The van der Waals surface area contributed by atoms with E-state index in [0.717, 1.165) is 36.9 Å². The zero-order chi connectivity index (χ0) is 22.7. The van der Waals surface area contributed by atoms with Crippen LogP contribution in [0.3, 0.4) is 0 Å². The number of fused-ring (bicyclic) bond motifs is 1. The van der Waals surface area contributed by atoms with E-state index in [1.165, 1.54) is 30.0 Å². The number of benzene rings is 2. The molecule has 2 aliphatic rings. The van der Waals surface area contributed by atoms with Crippen molar-refractivity contribution in [2.75, 3.05) is 13.6 Å². The molecule has 0 spiro atoms. The van der Waals surface area contributed by atoms with E-state index in [9.17, 15) is 14.7 Å². The minimum absolute atomic E-state index is 0.0746. The number of phenolic OH excluding ortho intramolecular Hbond substituents is 1. The fraction of sp³-hybridized carbons (Fsp3) is 0.462. The predicted octanol–water partition coefficient (Wildman–Crippen LogP) is 3.61. The predicted molar refractivity (Wildman–Crippen MR) is 125 cm³/mol. The smallest absolute Gasteiger partial charge is 0.251 e. The van der Waals surface area contributed by atoms with E-state index in [1.54, 1.807) is 19.1 Å².